The summed E-state index contributed by atoms with van der Waals surface area (Å²) in [5, 5.41) is 13.5. The van der Waals surface area contributed by atoms with E-state index in [4.69, 9.17) is 14.8 Å². The smallest absolute Gasteiger partial charge is 0.387 e. The van der Waals surface area contributed by atoms with Crippen LogP contribution in [-0.4, -0.2) is 47.8 Å². The van der Waals surface area contributed by atoms with Crippen molar-refractivity contribution in [1.82, 2.24) is 5.32 Å². The minimum absolute atomic E-state index is 0.0750. The van der Waals surface area contributed by atoms with Gasteiger partial charge in [0, 0.05) is 13.0 Å². The molecule has 0 aromatic rings. The van der Waals surface area contributed by atoms with Crippen LogP contribution in [0.3, 0.4) is 0 Å². The van der Waals surface area contributed by atoms with E-state index in [0.29, 0.717) is 6.42 Å². The van der Waals surface area contributed by atoms with Crippen molar-refractivity contribution >= 4 is 13.7 Å². The number of phosphoric ester groups is 1. The average Bonchev–Trinajstić information content (AvgIpc) is 2.93. The van der Waals surface area contributed by atoms with Crippen LogP contribution in [0, 0.1) is 0 Å². The number of hydrogen-bond acceptors (Lipinski definition) is 6. The zero-order chi connectivity index (χ0) is 29.7. The van der Waals surface area contributed by atoms with Crippen molar-refractivity contribution < 1.29 is 28.4 Å². The molecule has 0 saturated carbocycles. The highest BCUT2D eigenvalue weighted by Gasteiger charge is 2.26. The number of aliphatic hydroxyl groups is 1. The molecule has 0 aliphatic heterocycles. The molecule has 9 heteroatoms. The fourth-order valence-electron chi connectivity index (χ4n) is 4.32. The van der Waals surface area contributed by atoms with E-state index in [9.17, 15) is 19.4 Å². The lowest BCUT2D eigenvalue weighted by atomic mass is 10.1. The topological polar surface area (TPSA) is 131 Å². The summed E-state index contributed by atoms with van der Waals surface area (Å²) in [6.07, 6.45) is 28.0. The number of nitrogens with two attached hydrogens (primary N) is 1. The lowest BCUT2D eigenvalue weighted by Crippen LogP contribution is -2.45. The normalized spacial score (nSPS) is 15.0. The highest BCUT2D eigenvalue weighted by atomic mass is 31.2. The van der Waals surface area contributed by atoms with Gasteiger partial charge < -0.3 is 21.1 Å². The van der Waals surface area contributed by atoms with Gasteiger partial charge in [-0.2, -0.15) is 0 Å². The quantitative estimate of drug-likeness (QED) is 0.0404. The molecule has 8 nitrogen and oxygen atoms in total. The maximum atomic E-state index is 12.6. The fraction of sp³-hybridized carbons (Fsp3) is 0.839. The summed E-state index contributed by atoms with van der Waals surface area (Å²) in [4.78, 5) is 22.4. The minimum Gasteiger partial charge on any atom is -0.387 e. The second-order valence-corrected chi connectivity index (χ2v) is 12.1. The van der Waals surface area contributed by atoms with Gasteiger partial charge in [0.2, 0.25) is 5.91 Å². The van der Waals surface area contributed by atoms with E-state index in [1.54, 1.807) is 6.08 Å². The van der Waals surface area contributed by atoms with Crippen LogP contribution < -0.4 is 11.1 Å². The Bertz CT molecular complexity index is 689. The molecular weight excluding hydrogens is 527 g/mol. The molecule has 0 spiro atoms. The summed E-state index contributed by atoms with van der Waals surface area (Å²) in [7, 11) is -4.32. The summed E-state index contributed by atoms with van der Waals surface area (Å²) >= 11 is 0. The number of nitrogens with one attached hydrogen (secondary N) is 1. The van der Waals surface area contributed by atoms with E-state index in [1.165, 1.54) is 77.0 Å². The predicted molar refractivity (Wildman–Crippen MR) is 166 cm³/mol. The molecule has 0 aliphatic carbocycles. The summed E-state index contributed by atoms with van der Waals surface area (Å²) in [5.74, 6) is -0.210. The van der Waals surface area contributed by atoms with Gasteiger partial charge >= 0.3 is 7.82 Å². The summed E-state index contributed by atoms with van der Waals surface area (Å²) in [5.41, 5.74) is 5.32. The first-order valence-electron chi connectivity index (χ1n) is 16.0. The molecule has 0 radical (unpaired) electrons. The van der Waals surface area contributed by atoms with Gasteiger partial charge in [-0.1, -0.05) is 122 Å². The number of allylic oxidation sites excluding steroid dienone is 3. The van der Waals surface area contributed by atoms with E-state index in [-0.39, 0.29) is 25.7 Å². The highest BCUT2D eigenvalue weighted by molar-refractivity contribution is 7.47. The van der Waals surface area contributed by atoms with Gasteiger partial charge in [0.15, 0.2) is 0 Å². The van der Waals surface area contributed by atoms with Gasteiger partial charge in [0.25, 0.3) is 0 Å². The van der Waals surface area contributed by atoms with Crippen LogP contribution in [-0.2, 0) is 18.4 Å². The molecule has 0 aromatic carbocycles. The lowest BCUT2D eigenvalue weighted by Gasteiger charge is -2.23. The first-order chi connectivity index (χ1) is 19.4. The molecule has 3 atom stereocenters. The third kappa shape index (κ3) is 25.9. The van der Waals surface area contributed by atoms with Crippen LogP contribution >= 0.6 is 7.82 Å². The Labute approximate surface area is 245 Å². The second-order valence-electron chi connectivity index (χ2n) is 10.7. The van der Waals surface area contributed by atoms with Crippen LogP contribution in [0.25, 0.3) is 0 Å². The van der Waals surface area contributed by atoms with Gasteiger partial charge in [-0.05, 0) is 32.1 Å². The van der Waals surface area contributed by atoms with E-state index in [2.05, 4.69) is 31.3 Å². The van der Waals surface area contributed by atoms with E-state index in [1.807, 2.05) is 6.08 Å². The van der Waals surface area contributed by atoms with Crippen LogP contribution in [0.5, 0.6) is 0 Å². The largest absolute Gasteiger partial charge is 0.472 e. The number of rotatable bonds is 29. The Morgan fingerprint density at radius 3 is 1.93 bits per heavy atom. The first-order valence-corrected chi connectivity index (χ1v) is 17.5. The number of aliphatic hydroxyl groups excluding tert-OH is 1. The predicted octanol–water partition coefficient (Wildman–Crippen LogP) is 7.49. The molecule has 0 rings (SSSR count). The van der Waals surface area contributed by atoms with E-state index < -0.39 is 20.0 Å². The molecule has 5 N–H and O–H groups in total. The van der Waals surface area contributed by atoms with Crippen molar-refractivity contribution in [1.29, 1.82) is 0 Å². The van der Waals surface area contributed by atoms with Crippen molar-refractivity contribution in [3.05, 3.63) is 24.3 Å². The van der Waals surface area contributed by atoms with Gasteiger partial charge in [-0.25, -0.2) is 4.57 Å². The molecule has 3 unspecified atom stereocenters. The fourth-order valence-corrected chi connectivity index (χ4v) is 5.08. The van der Waals surface area contributed by atoms with E-state index >= 15 is 0 Å². The number of hydrogen-bond donors (Lipinski definition) is 4. The third-order valence-electron chi connectivity index (χ3n) is 6.78. The number of phosphoric acid groups is 1. The number of unbranched alkanes of at least 4 members (excludes halogenated alkanes) is 15. The molecule has 236 valence electrons. The lowest BCUT2D eigenvalue weighted by molar-refractivity contribution is -0.123. The Kier molecular flexibility index (Phi) is 27.4. The SMILES string of the molecule is CCCCCCC/C=C/CC/C=C/C(O)C(COP(=O)(O)OCCN)NC(=O)CCCCCCCCCCCC. The Balaban J connectivity index is 4.51. The van der Waals surface area contributed by atoms with E-state index in [0.717, 1.165) is 38.5 Å². The van der Waals surface area contributed by atoms with Crippen molar-refractivity contribution in [3.63, 3.8) is 0 Å². The molecule has 0 aliphatic rings. The first kappa shape index (κ1) is 39.0. The molecule has 0 bridgehead atoms. The minimum atomic E-state index is -4.32. The summed E-state index contributed by atoms with van der Waals surface area (Å²) in [6, 6.07) is -0.868. The average molecular weight is 589 g/mol. The molecule has 0 aromatic heterocycles. The van der Waals surface area contributed by atoms with Crippen molar-refractivity contribution in [2.75, 3.05) is 19.8 Å². The van der Waals surface area contributed by atoms with Gasteiger partial charge in [-0.3, -0.25) is 13.8 Å². The van der Waals surface area contributed by atoms with Crippen LogP contribution in [0.15, 0.2) is 24.3 Å². The molecule has 0 saturated heterocycles. The summed E-state index contributed by atoms with van der Waals surface area (Å²) in [6.45, 7) is 4.04. The zero-order valence-electron chi connectivity index (χ0n) is 25.6. The van der Waals surface area contributed by atoms with Crippen LogP contribution in [0.2, 0.25) is 0 Å². The van der Waals surface area contributed by atoms with Crippen LogP contribution in [0.1, 0.15) is 136 Å². The standard InChI is InChI=1S/C31H61N2O6P/c1-3-5-7-9-11-13-15-16-18-20-22-24-30(34)29(28-39-40(36,37)38-27-26-32)33-31(35)25-23-21-19-17-14-12-10-8-6-4-2/h15-16,22,24,29-30,34H,3-14,17-21,23,25-28,32H2,1-2H3,(H,33,35)(H,36,37)/b16-15+,24-22+. The van der Waals surface area contributed by atoms with Gasteiger partial charge in [0.1, 0.15) is 0 Å². The highest BCUT2D eigenvalue weighted by Crippen LogP contribution is 2.43. The number of amides is 1. The van der Waals surface area contributed by atoms with Crippen LogP contribution in [0.4, 0.5) is 0 Å². The maximum Gasteiger partial charge on any atom is 0.472 e. The van der Waals surface area contributed by atoms with Gasteiger partial charge in [0.05, 0.1) is 25.4 Å². The summed E-state index contributed by atoms with van der Waals surface area (Å²) < 4.78 is 21.9. The molecule has 0 heterocycles. The molecule has 40 heavy (non-hydrogen) atoms. The van der Waals surface area contributed by atoms with Crippen molar-refractivity contribution in [2.24, 2.45) is 5.73 Å². The third-order valence-corrected chi connectivity index (χ3v) is 7.76. The van der Waals surface area contributed by atoms with Crippen molar-refractivity contribution in [3.8, 4) is 0 Å². The molecule has 1 amide bonds. The Morgan fingerprint density at radius 1 is 0.800 bits per heavy atom. The van der Waals surface area contributed by atoms with Gasteiger partial charge in [-0.15, -0.1) is 0 Å². The zero-order valence-corrected chi connectivity index (χ0v) is 26.5. The number of carbonyl (C=O) groups excluding carboxylic acids is 1. The maximum absolute atomic E-state index is 12.6. The van der Waals surface area contributed by atoms with Crippen molar-refractivity contribution in [2.45, 2.75) is 148 Å². The molecular formula is C31H61N2O6P. The number of carbonyl (C=O) groups is 1. The second kappa shape index (κ2) is 28.1. The Morgan fingerprint density at radius 2 is 1.32 bits per heavy atom. The Hall–Kier alpha value is -1.02. The molecule has 0 fully saturated rings. The monoisotopic (exact) mass is 588 g/mol.